The number of benzene rings is 1. The maximum Gasteiger partial charge on any atom is 0.0931 e. The van der Waals surface area contributed by atoms with E-state index in [0.29, 0.717) is 6.04 Å². The molecule has 0 radical (unpaired) electrons. The van der Waals surface area contributed by atoms with E-state index >= 15 is 0 Å². The van der Waals surface area contributed by atoms with Gasteiger partial charge in [0, 0.05) is 6.04 Å². The summed E-state index contributed by atoms with van der Waals surface area (Å²) in [5.41, 5.74) is 3.51. The van der Waals surface area contributed by atoms with Crippen molar-refractivity contribution in [2.24, 2.45) is 0 Å². The lowest BCUT2D eigenvalue weighted by Crippen LogP contribution is -2.21. The molecule has 2 aromatic rings. The van der Waals surface area contributed by atoms with Crippen LogP contribution in [0.4, 0.5) is 0 Å². The number of imidazole rings is 1. The van der Waals surface area contributed by atoms with E-state index in [4.69, 9.17) is 0 Å². The van der Waals surface area contributed by atoms with Crippen LogP contribution in [0.3, 0.4) is 0 Å². The molecule has 0 aliphatic rings. The Hall–Kier alpha value is -1.39. The number of hydrogen-bond donors (Lipinski definition) is 2. The van der Waals surface area contributed by atoms with Crippen LogP contribution < -0.4 is 5.32 Å². The molecular formula is C14H22N4. The average Bonchev–Trinajstić information content (AvgIpc) is 2.81. The lowest BCUT2D eigenvalue weighted by Gasteiger charge is -2.24. The van der Waals surface area contributed by atoms with Crippen molar-refractivity contribution in [2.45, 2.75) is 18.9 Å². The molecular weight excluding hydrogens is 224 g/mol. The van der Waals surface area contributed by atoms with Gasteiger partial charge in [-0.1, -0.05) is 6.07 Å². The monoisotopic (exact) mass is 246 g/mol. The molecule has 0 aliphatic carbocycles. The summed E-state index contributed by atoms with van der Waals surface area (Å²) in [5, 5.41) is 3.20. The number of aromatic nitrogens is 2. The van der Waals surface area contributed by atoms with Gasteiger partial charge in [0.2, 0.25) is 0 Å². The predicted molar refractivity (Wildman–Crippen MR) is 75.7 cm³/mol. The minimum atomic E-state index is 0.464. The Labute approximate surface area is 108 Å². The summed E-state index contributed by atoms with van der Waals surface area (Å²) in [6.45, 7) is 1.07. The third-order valence-electron chi connectivity index (χ3n) is 3.36. The second-order valence-corrected chi connectivity index (χ2v) is 4.90. The van der Waals surface area contributed by atoms with Gasteiger partial charge < -0.3 is 15.2 Å². The number of rotatable bonds is 6. The first-order chi connectivity index (χ1) is 8.72. The van der Waals surface area contributed by atoms with Crippen LogP contribution in [0.5, 0.6) is 0 Å². The Kier molecular flexibility index (Phi) is 4.33. The van der Waals surface area contributed by atoms with E-state index in [0.717, 1.165) is 24.0 Å². The molecule has 0 saturated carbocycles. The van der Waals surface area contributed by atoms with Gasteiger partial charge >= 0.3 is 0 Å². The van der Waals surface area contributed by atoms with Crippen molar-refractivity contribution in [3.05, 3.63) is 30.1 Å². The number of aromatic amines is 1. The molecule has 2 rings (SSSR count). The van der Waals surface area contributed by atoms with Crippen LogP contribution in [0, 0.1) is 0 Å². The van der Waals surface area contributed by atoms with Crippen LogP contribution in [0.15, 0.2) is 24.5 Å². The van der Waals surface area contributed by atoms with Crippen LogP contribution in [0.2, 0.25) is 0 Å². The molecule has 1 aromatic heterocycles. The lowest BCUT2D eigenvalue weighted by atomic mass is 10.0. The Morgan fingerprint density at radius 1 is 1.39 bits per heavy atom. The van der Waals surface area contributed by atoms with E-state index in [-0.39, 0.29) is 0 Å². The second-order valence-electron chi connectivity index (χ2n) is 4.90. The maximum atomic E-state index is 4.26. The van der Waals surface area contributed by atoms with Gasteiger partial charge in [0.05, 0.1) is 17.4 Å². The van der Waals surface area contributed by atoms with Crippen molar-refractivity contribution >= 4 is 11.0 Å². The quantitative estimate of drug-likeness (QED) is 0.768. The van der Waals surface area contributed by atoms with Crippen molar-refractivity contribution in [3.63, 3.8) is 0 Å². The fourth-order valence-electron chi connectivity index (χ4n) is 2.36. The van der Waals surface area contributed by atoms with E-state index < -0.39 is 0 Å². The third-order valence-corrected chi connectivity index (χ3v) is 3.36. The molecule has 0 aliphatic heterocycles. The van der Waals surface area contributed by atoms with Crippen molar-refractivity contribution in [1.29, 1.82) is 0 Å². The zero-order valence-electron chi connectivity index (χ0n) is 11.4. The van der Waals surface area contributed by atoms with Gasteiger partial charge in [0.25, 0.3) is 0 Å². The summed E-state index contributed by atoms with van der Waals surface area (Å²) in [6.07, 6.45) is 4.09. The zero-order chi connectivity index (χ0) is 13.0. The van der Waals surface area contributed by atoms with Crippen molar-refractivity contribution in [1.82, 2.24) is 20.2 Å². The van der Waals surface area contributed by atoms with Crippen molar-refractivity contribution in [3.8, 4) is 0 Å². The summed E-state index contributed by atoms with van der Waals surface area (Å²) >= 11 is 0. The minimum Gasteiger partial charge on any atom is -0.345 e. The normalized spacial score (nSPS) is 13.3. The van der Waals surface area contributed by atoms with Crippen molar-refractivity contribution in [2.75, 3.05) is 27.7 Å². The molecule has 1 unspecified atom stereocenters. The Morgan fingerprint density at radius 2 is 2.22 bits per heavy atom. The molecule has 0 fully saturated rings. The largest absolute Gasteiger partial charge is 0.345 e. The fourth-order valence-corrected chi connectivity index (χ4v) is 2.36. The average molecular weight is 246 g/mol. The van der Waals surface area contributed by atoms with Crippen LogP contribution in [0.1, 0.15) is 24.4 Å². The number of nitrogens with zero attached hydrogens (tertiary/aromatic N) is 2. The number of hydrogen-bond acceptors (Lipinski definition) is 3. The van der Waals surface area contributed by atoms with Gasteiger partial charge in [0.15, 0.2) is 0 Å². The smallest absolute Gasteiger partial charge is 0.0931 e. The number of nitrogens with one attached hydrogen (secondary N) is 2. The summed E-state index contributed by atoms with van der Waals surface area (Å²) in [7, 11) is 6.28. The standard InChI is InChI=1S/C14H22N4/c1-15-8-4-5-14(18(2)3)11-6-7-12-13(9-11)17-10-16-12/h6-7,9-10,14-15H,4-5,8H2,1-3H3,(H,16,17). The molecule has 2 N–H and O–H groups in total. The van der Waals surface area contributed by atoms with E-state index in [9.17, 15) is 0 Å². The minimum absolute atomic E-state index is 0.464. The van der Waals surface area contributed by atoms with E-state index in [1.165, 1.54) is 12.0 Å². The van der Waals surface area contributed by atoms with Crippen LogP contribution in [-0.4, -0.2) is 42.6 Å². The van der Waals surface area contributed by atoms with Gasteiger partial charge in [-0.2, -0.15) is 0 Å². The third kappa shape index (κ3) is 2.89. The highest BCUT2D eigenvalue weighted by molar-refractivity contribution is 5.75. The summed E-state index contributed by atoms with van der Waals surface area (Å²) in [4.78, 5) is 9.72. The first kappa shape index (κ1) is 13.1. The molecule has 0 amide bonds. The van der Waals surface area contributed by atoms with Gasteiger partial charge in [-0.15, -0.1) is 0 Å². The highest BCUT2D eigenvalue weighted by atomic mass is 15.1. The number of fused-ring (bicyclic) bond motifs is 1. The predicted octanol–water partition coefficient (Wildman–Crippen LogP) is 2.17. The molecule has 0 saturated heterocycles. The van der Waals surface area contributed by atoms with Gasteiger partial charge in [-0.25, -0.2) is 4.98 Å². The first-order valence-corrected chi connectivity index (χ1v) is 6.46. The molecule has 1 heterocycles. The fraction of sp³-hybridized carbons (Fsp3) is 0.500. The Bertz CT molecular complexity index is 489. The highest BCUT2D eigenvalue weighted by Gasteiger charge is 2.14. The molecule has 18 heavy (non-hydrogen) atoms. The molecule has 1 atom stereocenters. The maximum absolute atomic E-state index is 4.26. The molecule has 1 aromatic carbocycles. The molecule has 98 valence electrons. The Morgan fingerprint density at radius 3 is 2.94 bits per heavy atom. The summed E-state index contributed by atoms with van der Waals surface area (Å²) < 4.78 is 0. The van der Waals surface area contributed by atoms with Gasteiger partial charge in [-0.3, -0.25) is 0 Å². The van der Waals surface area contributed by atoms with E-state index in [1.807, 2.05) is 7.05 Å². The van der Waals surface area contributed by atoms with E-state index in [2.05, 4.69) is 52.5 Å². The summed E-state index contributed by atoms with van der Waals surface area (Å²) in [6, 6.07) is 6.96. The van der Waals surface area contributed by atoms with Gasteiger partial charge in [-0.05, 0) is 58.2 Å². The molecule has 4 nitrogen and oxygen atoms in total. The first-order valence-electron chi connectivity index (χ1n) is 6.46. The van der Waals surface area contributed by atoms with E-state index in [1.54, 1.807) is 6.33 Å². The van der Waals surface area contributed by atoms with Gasteiger partial charge in [0.1, 0.15) is 0 Å². The lowest BCUT2D eigenvalue weighted by molar-refractivity contribution is 0.279. The number of H-pyrrole nitrogens is 1. The van der Waals surface area contributed by atoms with Crippen molar-refractivity contribution < 1.29 is 0 Å². The van der Waals surface area contributed by atoms with Crippen LogP contribution in [0.25, 0.3) is 11.0 Å². The second kappa shape index (κ2) is 5.98. The Balaban J connectivity index is 2.18. The molecule has 0 bridgehead atoms. The van der Waals surface area contributed by atoms with Crippen LogP contribution >= 0.6 is 0 Å². The zero-order valence-corrected chi connectivity index (χ0v) is 11.4. The summed E-state index contributed by atoms with van der Waals surface area (Å²) in [5.74, 6) is 0. The van der Waals surface area contributed by atoms with Crippen LogP contribution in [-0.2, 0) is 0 Å². The molecule has 4 heteroatoms. The molecule has 0 spiro atoms. The highest BCUT2D eigenvalue weighted by Crippen LogP contribution is 2.25. The SMILES string of the molecule is CNCCCC(c1ccc2nc[nH]c2c1)N(C)C. The topological polar surface area (TPSA) is 44.0 Å².